The van der Waals surface area contributed by atoms with E-state index in [0.717, 1.165) is 61.0 Å². The molecule has 0 unspecified atom stereocenters. The van der Waals surface area contributed by atoms with Gasteiger partial charge in [-0.1, -0.05) is 12.1 Å². The SMILES string of the molecule is COc1ccc(-n2c(CN3CCN(C(C)=O)CC3)nc3ccccc32)cc1. The molecule has 3 aromatic rings. The van der Waals surface area contributed by atoms with Crippen LogP contribution in [-0.4, -0.2) is 58.5 Å². The molecule has 0 spiro atoms. The smallest absolute Gasteiger partial charge is 0.219 e. The predicted molar refractivity (Wildman–Crippen MR) is 105 cm³/mol. The summed E-state index contributed by atoms with van der Waals surface area (Å²) in [7, 11) is 1.67. The highest BCUT2D eigenvalue weighted by molar-refractivity contribution is 5.78. The number of imidazole rings is 1. The minimum absolute atomic E-state index is 0.153. The van der Waals surface area contributed by atoms with Crippen molar-refractivity contribution < 1.29 is 9.53 Å². The number of hydrogen-bond donors (Lipinski definition) is 0. The molecule has 6 heteroatoms. The third-order valence-corrected chi connectivity index (χ3v) is 5.14. The molecular formula is C21H24N4O2. The molecular weight excluding hydrogens is 340 g/mol. The van der Waals surface area contributed by atoms with Gasteiger partial charge >= 0.3 is 0 Å². The lowest BCUT2D eigenvalue weighted by Gasteiger charge is -2.34. The molecule has 0 aliphatic carbocycles. The van der Waals surface area contributed by atoms with Gasteiger partial charge in [-0.3, -0.25) is 14.3 Å². The molecule has 1 fully saturated rings. The largest absolute Gasteiger partial charge is 0.497 e. The Morgan fingerprint density at radius 3 is 2.41 bits per heavy atom. The van der Waals surface area contributed by atoms with Crippen LogP contribution in [0.2, 0.25) is 0 Å². The number of amides is 1. The highest BCUT2D eigenvalue weighted by Gasteiger charge is 2.21. The van der Waals surface area contributed by atoms with Crippen LogP contribution in [0.5, 0.6) is 5.75 Å². The van der Waals surface area contributed by atoms with Gasteiger partial charge in [-0.25, -0.2) is 4.98 Å². The maximum absolute atomic E-state index is 11.6. The van der Waals surface area contributed by atoms with E-state index < -0.39 is 0 Å². The Balaban J connectivity index is 1.65. The van der Waals surface area contributed by atoms with Gasteiger partial charge in [-0.05, 0) is 36.4 Å². The van der Waals surface area contributed by atoms with Gasteiger partial charge in [0.25, 0.3) is 0 Å². The van der Waals surface area contributed by atoms with Crippen molar-refractivity contribution in [1.82, 2.24) is 19.4 Å². The summed E-state index contributed by atoms with van der Waals surface area (Å²) in [5, 5.41) is 0. The molecule has 0 N–H and O–H groups in total. The van der Waals surface area contributed by atoms with Crippen LogP contribution in [0.3, 0.4) is 0 Å². The molecule has 6 nitrogen and oxygen atoms in total. The Kier molecular flexibility index (Phi) is 4.81. The summed E-state index contributed by atoms with van der Waals surface area (Å²) >= 11 is 0. The quantitative estimate of drug-likeness (QED) is 0.714. The molecule has 1 amide bonds. The Morgan fingerprint density at radius 2 is 1.74 bits per heavy atom. The molecule has 1 saturated heterocycles. The zero-order valence-electron chi connectivity index (χ0n) is 15.8. The van der Waals surface area contributed by atoms with E-state index in [1.807, 2.05) is 35.2 Å². The van der Waals surface area contributed by atoms with E-state index in [9.17, 15) is 4.79 Å². The first kappa shape index (κ1) is 17.5. The van der Waals surface area contributed by atoms with Crippen LogP contribution in [0.4, 0.5) is 0 Å². The summed E-state index contributed by atoms with van der Waals surface area (Å²) in [5.74, 6) is 2.00. The van der Waals surface area contributed by atoms with Crippen LogP contribution < -0.4 is 4.74 Å². The Labute approximate surface area is 159 Å². The normalized spacial score (nSPS) is 15.3. The van der Waals surface area contributed by atoms with E-state index >= 15 is 0 Å². The van der Waals surface area contributed by atoms with Crippen molar-refractivity contribution in [2.45, 2.75) is 13.5 Å². The van der Waals surface area contributed by atoms with Gasteiger partial charge < -0.3 is 9.64 Å². The van der Waals surface area contributed by atoms with E-state index in [4.69, 9.17) is 9.72 Å². The summed E-state index contributed by atoms with van der Waals surface area (Å²) < 4.78 is 7.50. The molecule has 2 aromatic carbocycles. The van der Waals surface area contributed by atoms with E-state index in [1.165, 1.54) is 0 Å². The molecule has 2 heterocycles. The molecule has 27 heavy (non-hydrogen) atoms. The summed E-state index contributed by atoms with van der Waals surface area (Å²) in [6, 6.07) is 16.3. The number of hydrogen-bond acceptors (Lipinski definition) is 4. The number of carbonyl (C=O) groups is 1. The van der Waals surface area contributed by atoms with Gasteiger partial charge in [0, 0.05) is 38.8 Å². The van der Waals surface area contributed by atoms with Crippen molar-refractivity contribution >= 4 is 16.9 Å². The Bertz CT molecular complexity index is 940. The van der Waals surface area contributed by atoms with Crippen LogP contribution in [0.15, 0.2) is 48.5 Å². The minimum Gasteiger partial charge on any atom is -0.497 e. The molecule has 0 atom stereocenters. The van der Waals surface area contributed by atoms with Crippen LogP contribution >= 0.6 is 0 Å². The number of piperazine rings is 1. The topological polar surface area (TPSA) is 50.6 Å². The molecule has 1 aliphatic rings. The van der Waals surface area contributed by atoms with Gasteiger partial charge in [-0.2, -0.15) is 0 Å². The first-order chi connectivity index (χ1) is 13.2. The fourth-order valence-electron chi connectivity index (χ4n) is 3.62. The molecule has 0 bridgehead atoms. The molecule has 1 aliphatic heterocycles. The van der Waals surface area contributed by atoms with Gasteiger partial charge in [0.1, 0.15) is 11.6 Å². The lowest BCUT2D eigenvalue weighted by molar-refractivity contribution is -0.130. The van der Waals surface area contributed by atoms with Crippen molar-refractivity contribution in [2.24, 2.45) is 0 Å². The number of aromatic nitrogens is 2. The molecule has 140 valence electrons. The maximum atomic E-state index is 11.6. The lowest BCUT2D eigenvalue weighted by Crippen LogP contribution is -2.47. The van der Waals surface area contributed by atoms with Crippen molar-refractivity contribution in [2.75, 3.05) is 33.3 Å². The van der Waals surface area contributed by atoms with Gasteiger partial charge in [0.15, 0.2) is 0 Å². The maximum Gasteiger partial charge on any atom is 0.219 e. The first-order valence-corrected chi connectivity index (χ1v) is 9.24. The van der Waals surface area contributed by atoms with Crippen LogP contribution in [-0.2, 0) is 11.3 Å². The summed E-state index contributed by atoms with van der Waals surface area (Å²) in [6.07, 6.45) is 0. The molecule has 0 saturated carbocycles. The van der Waals surface area contributed by atoms with Crippen molar-refractivity contribution in [3.8, 4) is 11.4 Å². The van der Waals surface area contributed by atoms with Crippen LogP contribution in [0, 0.1) is 0 Å². The van der Waals surface area contributed by atoms with E-state index in [0.29, 0.717) is 0 Å². The second-order valence-electron chi connectivity index (χ2n) is 6.83. The van der Waals surface area contributed by atoms with Crippen molar-refractivity contribution in [3.63, 3.8) is 0 Å². The van der Waals surface area contributed by atoms with E-state index in [2.05, 4.69) is 27.7 Å². The molecule has 4 rings (SSSR count). The second-order valence-corrected chi connectivity index (χ2v) is 6.83. The van der Waals surface area contributed by atoms with Gasteiger partial charge in [0.05, 0.1) is 24.7 Å². The van der Waals surface area contributed by atoms with Crippen molar-refractivity contribution in [3.05, 3.63) is 54.4 Å². The second kappa shape index (κ2) is 7.40. The summed E-state index contributed by atoms with van der Waals surface area (Å²) in [4.78, 5) is 20.7. The average Bonchev–Trinajstić information content (AvgIpc) is 3.06. The number of carbonyl (C=O) groups excluding carboxylic acids is 1. The summed E-state index contributed by atoms with van der Waals surface area (Å²) in [5.41, 5.74) is 3.16. The standard InChI is InChI=1S/C21H24N4O2/c1-16(26)24-13-11-23(12-14-24)15-21-22-19-5-3-4-6-20(19)25(21)17-7-9-18(27-2)10-8-17/h3-10H,11-15H2,1-2H3. The number of fused-ring (bicyclic) bond motifs is 1. The highest BCUT2D eigenvalue weighted by Crippen LogP contribution is 2.24. The Morgan fingerprint density at radius 1 is 1.04 bits per heavy atom. The van der Waals surface area contributed by atoms with E-state index in [-0.39, 0.29) is 5.91 Å². The minimum atomic E-state index is 0.153. The monoisotopic (exact) mass is 364 g/mol. The third kappa shape index (κ3) is 3.53. The average molecular weight is 364 g/mol. The third-order valence-electron chi connectivity index (χ3n) is 5.14. The van der Waals surface area contributed by atoms with Crippen LogP contribution in [0.1, 0.15) is 12.7 Å². The van der Waals surface area contributed by atoms with Gasteiger partial charge in [-0.15, -0.1) is 0 Å². The zero-order chi connectivity index (χ0) is 18.8. The fraction of sp³-hybridized carbons (Fsp3) is 0.333. The van der Waals surface area contributed by atoms with Crippen molar-refractivity contribution in [1.29, 1.82) is 0 Å². The predicted octanol–water partition coefficient (Wildman–Crippen LogP) is 2.70. The number of para-hydroxylation sites is 2. The number of methoxy groups -OCH3 is 1. The first-order valence-electron chi connectivity index (χ1n) is 9.24. The number of ether oxygens (including phenoxy) is 1. The zero-order valence-corrected chi connectivity index (χ0v) is 15.8. The fourth-order valence-corrected chi connectivity index (χ4v) is 3.62. The number of benzene rings is 2. The highest BCUT2D eigenvalue weighted by atomic mass is 16.5. The molecule has 0 radical (unpaired) electrons. The van der Waals surface area contributed by atoms with E-state index in [1.54, 1.807) is 14.0 Å². The lowest BCUT2D eigenvalue weighted by atomic mass is 10.2. The summed E-state index contributed by atoms with van der Waals surface area (Å²) in [6.45, 7) is 5.68. The Hall–Kier alpha value is -2.86. The number of rotatable bonds is 4. The number of nitrogens with zero attached hydrogens (tertiary/aromatic N) is 4. The van der Waals surface area contributed by atoms with Crippen LogP contribution in [0.25, 0.3) is 16.7 Å². The molecule has 1 aromatic heterocycles. The van der Waals surface area contributed by atoms with Gasteiger partial charge in [0.2, 0.25) is 5.91 Å².